The van der Waals surface area contributed by atoms with Crippen molar-refractivity contribution >= 4 is 11.9 Å². The highest BCUT2D eigenvalue weighted by molar-refractivity contribution is 5.80. The van der Waals surface area contributed by atoms with Crippen molar-refractivity contribution in [2.75, 3.05) is 13.1 Å². The largest absolute Gasteiger partial charge is 0.398 e. The number of halogens is 1. The van der Waals surface area contributed by atoms with Crippen molar-refractivity contribution in [2.24, 2.45) is 5.73 Å². The molecular weight excluding hydrogens is 229 g/mol. The molecule has 0 saturated carbocycles. The second-order valence-corrected chi connectivity index (χ2v) is 4.16. The molecule has 0 aliphatic carbocycles. The molecule has 0 aliphatic rings. The number of hydrogen-bond donors (Lipinski definition) is 3. The van der Waals surface area contributed by atoms with E-state index in [2.05, 4.69) is 24.2 Å². The van der Waals surface area contributed by atoms with Crippen LogP contribution in [0.5, 0.6) is 0 Å². The Kier molecular flexibility index (Phi) is 6.08. The summed E-state index contributed by atoms with van der Waals surface area (Å²) in [4.78, 5) is 3.16. The summed E-state index contributed by atoms with van der Waals surface area (Å²) in [5, 5.41) is 3.30. The van der Waals surface area contributed by atoms with Crippen molar-refractivity contribution in [3.8, 4) is 0 Å². The third kappa shape index (κ3) is 5.10. The van der Waals surface area contributed by atoms with Crippen molar-refractivity contribution in [1.82, 2.24) is 5.32 Å². The smallest absolute Gasteiger partial charge is 0.163 e. The Morgan fingerprint density at radius 1 is 1.44 bits per heavy atom. The van der Waals surface area contributed by atoms with Gasteiger partial charge in [0.15, 0.2) is 12.8 Å². The Bertz CT molecular complexity index is 410. The van der Waals surface area contributed by atoms with Crippen LogP contribution >= 0.6 is 0 Å². The minimum atomic E-state index is -0.256. The van der Waals surface area contributed by atoms with Gasteiger partial charge in [-0.1, -0.05) is 19.1 Å². The Balaban J connectivity index is 2.51. The first kappa shape index (κ1) is 14.4. The van der Waals surface area contributed by atoms with Gasteiger partial charge in [-0.3, -0.25) is 0 Å². The zero-order chi connectivity index (χ0) is 13.4. The third-order valence-electron chi connectivity index (χ3n) is 2.53. The molecule has 0 fully saturated rings. The van der Waals surface area contributed by atoms with Gasteiger partial charge < -0.3 is 11.1 Å². The molecule has 1 rings (SSSR count). The molecule has 0 amide bonds. The topological polar surface area (TPSA) is 52.0 Å². The molecule has 0 heterocycles. The van der Waals surface area contributed by atoms with E-state index in [1.54, 1.807) is 18.2 Å². The first-order valence-electron chi connectivity index (χ1n) is 6.15. The molecule has 0 unspecified atom stereocenters. The van der Waals surface area contributed by atoms with E-state index in [0.29, 0.717) is 11.7 Å². The van der Waals surface area contributed by atoms with E-state index in [-0.39, 0.29) is 5.82 Å². The highest BCUT2D eigenvalue weighted by Crippen LogP contribution is 2.08. The van der Waals surface area contributed by atoms with Crippen LogP contribution < -0.4 is 16.0 Å². The Morgan fingerprint density at radius 3 is 2.72 bits per heavy atom. The molecular formula is C14H21FN3+. The zero-order valence-electron chi connectivity index (χ0n) is 10.9. The van der Waals surface area contributed by atoms with Crippen molar-refractivity contribution < 1.29 is 9.38 Å². The van der Waals surface area contributed by atoms with Gasteiger partial charge in [-0.15, -0.1) is 0 Å². The van der Waals surface area contributed by atoms with E-state index < -0.39 is 0 Å². The lowest BCUT2D eigenvalue weighted by Crippen LogP contribution is -2.73. The van der Waals surface area contributed by atoms with Crippen LogP contribution in [0.1, 0.15) is 19.4 Å². The summed E-state index contributed by atoms with van der Waals surface area (Å²) in [6.45, 7) is 5.97. The second kappa shape index (κ2) is 7.61. The summed E-state index contributed by atoms with van der Waals surface area (Å²) >= 11 is 0. The minimum Gasteiger partial charge on any atom is -0.398 e. The summed E-state index contributed by atoms with van der Waals surface area (Å²) in [5.74, 6) is -0.256. The fourth-order valence-corrected chi connectivity index (χ4v) is 1.55. The summed E-state index contributed by atoms with van der Waals surface area (Å²) in [5.41, 5.74) is 7.30. The van der Waals surface area contributed by atoms with Gasteiger partial charge in [-0.25, -0.2) is 9.38 Å². The van der Waals surface area contributed by atoms with E-state index in [1.165, 1.54) is 12.1 Å². The summed E-state index contributed by atoms with van der Waals surface area (Å²) in [7, 11) is 0. The highest BCUT2D eigenvalue weighted by atomic mass is 19.1. The molecule has 1 atom stereocenters. The van der Waals surface area contributed by atoms with Crippen LogP contribution in [0.3, 0.4) is 0 Å². The van der Waals surface area contributed by atoms with Gasteiger partial charge in [-0.2, -0.15) is 0 Å². The third-order valence-corrected chi connectivity index (χ3v) is 2.53. The van der Waals surface area contributed by atoms with Crippen molar-refractivity contribution in [3.05, 3.63) is 41.7 Å². The second-order valence-electron chi connectivity index (χ2n) is 4.16. The van der Waals surface area contributed by atoms with Gasteiger partial charge in [0.1, 0.15) is 5.82 Å². The lowest BCUT2D eigenvalue weighted by atomic mass is 10.1. The lowest BCUT2D eigenvalue weighted by molar-refractivity contribution is -0.454. The van der Waals surface area contributed by atoms with Crippen molar-refractivity contribution in [3.63, 3.8) is 0 Å². The van der Waals surface area contributed by atoms with E-state index in [9.17, 15) is 4.39 Å². The monoisotopic (exact) mass is 250 g/mol. The van der Waals surface area contributed by atoms with Crippen LogP contribution in [0.4, 0.5) is 4.39 Å². The predicted octanol–water partition coefficient (Wildman–Crippen LogP) is 0.275. The van der Waals surface area contributed by atoms with Gasteiger partial charge in [0, 0.05) is 11.8 Å². The van der Waals surface area contributed by atoms with Crippen LogP contribution in [-0.4, -0.2) is 25.3 Å². The number of nitrogens with two attached hydrogens (primary N) is 1. The Hall–Kier alpha value is -1.68. The van der Waals surface area contributed by atoms with Gasteiger partial charge in [0.2, 0.25) is 0 Å². The number of likely N-dealkylation sites (N-methyl/N-ethyl adjacent to an activating group) is 1. The number of nitrogens with one attached hydrogen (secondary N) is 2. The highest BCUT2D eigenvalue weighted by Gasteiger charge is 2.00. The molecule has 0 saturated heterocycles. The standard InChI is InChI=1S/C14H20FN3/c1-3-18-11(2)10-17-9-8-14(16)12-4-6-13(15)7-5-12/h4-9,11,18H,3,10,16H2,1-2H3/p+1/b14-8-,17-9?/t11-/m1/s1. The Labute approximate surface area is 108 Å². The predicted molar refractivity (Wildman–Crippen MR) is 73.6 cm³/mol. The normalized spacial score (nSPS) is 14.1. The van der Waals surface area contributed by atoms with Gasteiger partial charge in [0.25, 0.3) is 0 Å². The Morgan fingerprint density at radius 2 is 2.11 bits per heavy atom. The molecule has 0 aromatic heterocycles. The number of hydrogen-bond acceptors (Lipinski definition) is 2. The van der Waals surface area contributed by atoms with Crippen LogP contribution in [0.15, 0.2) is 30.3 Å². The molecule has 1 aromatic rings. The molecule has 98 valence electrons. The molecule has 0 aliphatic heterocycles. The van der Waals surface area contributed by atoms with E-state index >= 15 is 0 Å². The van der Waals surface area contributed by atoms with Crippen LogP contribution in [0, 0.1) is 5.82 Å². The maximum atomic E-state index is 12.7. The van der Waals surface area contributed by atoms with E-state index in [1.807, 2.05) is 6.21 Å². The maximum Gasteiger partial charge on any atom is 0.163 e. The van der Waals surface area contributed by atoms with Gasteiger partial charge in [0.05, 0.1) is 6.04 Å². The van der Waals surface area contributed by atoms with Crippen LogP contribution in [-0.2, 0) is 0 Å². The quantitative estimate of drug-likeness (QED) is 0.635. The number of rotatable bonds is 6. The van der Waals surface area contributed by atoms with E-state index in [4.69, 9.17) is 5.73 Å². The molecule has 3 nitrogen and oxygen atoms in total. The minimum absolute atomic E-state index is 0.256. The van der Waals surface area contributed by atoms with Gasteiger partial charge in [-0.05, 0) is 31.2 Å². The summed E-state index contributed by atoms with van der Waals surface area (Å²) in [6, 6.07) is 6.53. The van der Waals surface area contributed by atoms with Gasteiger partial charge >= 0.3 is 0 Å². The fourth-order valence-electron chi connectivity index (χ4n) is 1.55. The average molecular weight is 250 g/mol. The maximum absolute atomic E-state index is 12.7. The molecule has 4 N–H and O–H groups in total. The van der Waals surface area contributed by atoms with Crippen LogP contribution in [0.25, 0.3) is 5.70 Å². The number of benzene rings is 1. The molecule has 0 bridgehead atoms. The van der Waals surface area contributed by atoms with Crippen molar-refractivity contribution in [2.45, 2.75) is 19.9 Å². The first-order valence-corrected chi connectivity index (χ1v) is 6.15. The summed E-state index contributed by atoms with van der Waals surface area (Å²) in [6.07, 6.45) is 3.60. The molecule has 0 spiro atoms. The molecule has 1 aromatic carbocycles. The fraction of sp³-hybridized carbons (Fsp3) is 0.357. The molecule has 4 heteroatoms. The first-order chi connectivity index (χ1) is 8.63. The van der Waals surface area contributed by atoms with Crippen LogP contribution in [0.2, 0.25) is 0 Å². The lowest BCUT2D eigenvalue weighted by Gasteiger charge is -2.04. The van der Waals surface area contributed by atoms with Crippen molar-refractivity contribution in [1.29, 1.82) is 0 Å². The number of allylic oxidation sites excluding steroid dienone is 1. The van der Waals surface area contributed by atoms with E-state index in [0.717, 1.165) is 18.7 Å². The molecule has 18 heavy (non-hydrogen) atoms. The summed E-state index contributed by atoms with van der Waals surface area (Å²) < 4.78 is 12.7. The molecule has 0 radical (unpaired) electrons. The average Bonchev–Trinajstić information content (AvgIpc) is 2.35. The zero-order valence-corrected chi connectivity index (χ0v) is 10.9. The SMILES string of the molecule is CCN[C@H](C)C[NH+]=C/C=C(\N)c1ccc(F)cc1.